The summed E-state index contributed by atoms with van der Waals surface area (Å²) in [4.78, 5) is 2.54. The van der Waals surface area contributed by atoms with E-state index in [1.54, 1.807) is 0 Å². The first kappa shape index (κ1) is 11.0. The molecule has 1 saturated heterocycles. The third kappa shape index (κ3) is 3.25. The molecule has 0 amide bonds. The number of thiol groups is 1. The van der Waals surface area contributed by atoms with Crippen LogP contribution in [-0.4, -0.2) is 24.5 Å². The Balaban J connectivity index is 1.88. The minimum absolute atomic E-state index is 0.365. The highest BCUT2D eigenvalue weighted by molar-refractivity contribution is 7.80. The Kier molecular flexibility index (Phi) is 4.09. The standard InChI is InChI=1S/C13H19NS/c15-13(12-7-3-1-4-8-12)11-14-9-5-2-6-10-14/h1,3-4,7-8,13,15H,2,5-6,9-11H2. The minimum atomic E-state index is 0.365. The molecule has 1 atom stereocenters. The van der Waals surface area contributed by atoms with Crippen LogP contribution in [0.4, 0.5) is 0 Å². The highest BCUT2D eigenvalue weighted by Crippen LogP contribution is 2.22. The highest BCUT2D eigenvalue weighted by Gasteiger charge is 2.14. The molecular weight excluding hydrogens is 202 g/mol. The van der Waals surface area contributed by atoms with Crippen LogP contribution in [0.2, 0.25) is 0 Å². The minimum Gasteiger partial charge on any atom is -0.302 e. The van der Waals surface area contributed by atoms with Gasteiger partial charge in [-0.05, 0) is 31.5 Å². The molecule has 1 nitrogen and oxygen atoms in total. The maximum absolute atomic E-state index is 4.69. The summed E-state index contributed by atoms with van der Waals surface area (Å²) in [5.41, 5.74) is 1.34. The van der Waals surface area contributed by atoms with Crippen LogP contribution in [0, 0.1) is 0 Å². The second-order valence-electron chi connectivity index (χ2n) is 4.29. The van der Waals surface area contributed by atoms with Gasteiger partial charge in [0.1, 0.15) is 0 Å². The van der Waals surface area contributed by atoms with Crippen molar-refractivity contribution in [2.75, 3.05) is 19.6 Å². The van der Waals surface area contributed by atoms with Gasteiger partial charge in [0.2, 0.25) is 0 Å². The molecule has 1 aromatic rings. The zero-order chi connectivity index (χ0) is 10.5. The van der Waals surface area contributed by atoms with Crippen LogP contribution in [0.25, 0.3) is 0 Å². The summed E-state index contributed by atoms with van der Waals surface area (Å²) in [5.74, 6) is 0. The third-order valence-electron chi connectivity index (χ3n) is 3.06. The number of likely N-dealkylation sites (tertiary alicyclic amines) is 1. The van der Waals surface area contributed by atoms with Gasteiger partial charge in [-0.1, -0.05) is 36.8 Å². The van der Waals surface area contributed by atoms with Gasteiger partial charge in [0.15, 0.2) is 0 Å². The summed E-state index contributed by atoms with van der Waals surface area (Å²) in [6, 6.07) is 10.6. The summed E-state index contributed by atoms with van der Waals surface area (Å²) in [6.07, 6.45) is 4.11. The summed E-state index contributed by atoms with van der Waals surface area (Å²) in [7, 11) is 0. The molecule has 1 aliphatic rings. The molecule has 1 fully saturated rings. The van der Waals surface area contributed by atoms with Crippen LogP contribution in [0.3, 0.4) is 0 Å². The molecule has 0 spiro atoms. The van der Waals surface area contributed by atoms with Crippen molar-refractivity contribution in [3.63, 3.8) is 0 Å². The fraction of sp³-hybridized carbons (Fsp3) is 0.538. The quantitative estimate of drug-likeness (QED) is 0.767. The van der Waals surface area contributed by atoms with Crippen molar-refractivity contribution in [3.8, 4) is 0 Å². The predicted molar refractivity (Wildman–Crippen MR) is 68.5 cm³/mol. The smallest absolute Gasteiger partial charge is 0.0394 e. The first-order chi connectivity index (χ1) is 7.36. The van der Waals surface area contributed by atoms with E-state index in [0.29, 0.717) is 5.25 Å². The van der Waals surface area contributed by atoms with E-state index in [1.807, 2.05) is 0 Å². The van der Waals surface area contributed by atoms with E-state index in [-0.39, 0.29) is 0 Å². The summed E-state index contributed by atoms with van der Waals surface area (Å²) in [5, 5.41) is 0.365. The van der Waals surface area contributed by atoms with E-state index >= 15 is 0 Å². The number of benzene rings is 1. The van der Waals surface area contributed by atoms with Gasteiger partial charge in [0.25, 0.3) is 0 Å². The maximum Gasteiger partial charge on any atom is 0.0394 e. The average molecular weight is 221 g/mol. The van der Waals surface area contributed by atoms with E-state index in [1.165, 1.54) is 37.9 Å². The lowest BCUT2D eigenvalue weighted by Gasteiger charge is -2.28. The van der Waals surface area contributed by atoms with E-state index in [2.05, 4.69) is 47.9 Å². The number of hydrogen-bond acceptors (Lipinski definition) is 2. The summed E-state index contributed by atoms with van der Waals surface area (Å²) in [6.45, 7) is 3.60. The molecule has 82 valence electrons. The van der Waals surface area contributed by atoms with Gasteiger partial charge in [-0.15, -0.1) is 0 Å². The number of rotatable bonds is 3. The fourth-order valence-corrected chi connectivity index (χ4v) is 2.57. The van der Waals surface area contributed by atoms with Crippen LogP contribution < -0.4 is 0 Å². The molecule has 1 heterocycles. The topological polar surface area (TPSA) is 3.24 Å². The second-order valence-corrected chi connectivity index (χ2v) is 4.91. The van der Waals surface area contributed by atoms with Crippen molar-refractivity contribution in [3.05, 3.63) is 35.9 Å². The molecule has 1 unspecified atom stereocenters. The fourth-order valence-electron chi connectivity index (χ4n) is 2.17. The van der Waals surface area contributed by atoms with Crippen LogP contribution in [0.15, 0.2) is 30.3 Å². The van der Waals surface area contributed by atoms with E-state index in [9.17, 15) is 0 Å². The maximum atomic E-state index is 4.69. The normalized spacial score (nSPS) is 20.1. The first-order valence-electron chi connectivity index (χ1n) is 5.81. The van der Waals surface area contributed by atoms with Crippen molar-refractivity contribution < 1.29 is 0 Å². The molecule has 1 aliphatic heterocycles. The SMILES string of the molecule is SC(CN1CCCCC1)c1ccccc1. The molecule has 0 radical (unpaired) electrons. The van der Waals surface area contributed by atoms with Gasteiger partial charge < -0.3 is 4.90 Å². The zero-order valence-electron chi connectivity index (χ0n) is 9.10. The Bertz CT molecular complexity index is 280. The van der Waals surface area contributed by atoms with E-state index < -0.39 is 0 Å². The van der Waals surface area contributed by atoms with Gasteiger partial charge in [-0.2, -0.15) is 12.6 Å². The van der Waals surface area contributed by atoms with Crippen LogP contribution in [0.5, 0.6) is 0 Å². The van der Waals surface area contributed by atoms with Gasteiger partial charge in [-0.25, -0.2) is 0 Å². The van der Waals surface area contributed by atoms with Gasteiger partial charge in [0, 0.05) is 11.8 Å². The molecule has 2 heteroatoms. The molecule has 2 rings (SSSR count). The Morgan fingerprint density at radius 3 is 2.40 bits per heavy atom. The molecule has 15 heavy (non-hydrogen) atoms. The van der Waals surface area contributed by atoms with Crippen molar-refractivity contribution >= 4 is 12.6 Å². The molecule has 0 bridgehead atoms. The lowest BCUT2D eigenvalue weighted by molar-refractivity contribution is 0.230. The Morgan fingerprint density at radius 1 is 1.07 bits per heavy atom. The van der Waals surface area contributed by atoms with Crippen LogP contribution in [0.1, 0.15) is 30.1 Å². The third-order valence-corrected chi connectivity index (χ3v) is 3.53. The molecule has 0 N–H and O–H groups in total. The monoisotopic (exact) mass is 221 g/mol. The lowest BCUT2D eigenvalue weighted by atomic mass is 10.1. The summed E-state index contributed by atoms with van der Waals surface area (Å²) >= 11 is 4.69. The van der Waals surface area contributed by atoms with Gasteiger partial charge in [-0.3, -0.25) is 0 Å². The second kappa shape index (κ2) is 5.57. The van der Waals surface area contributed by atoms with E-state index in [4.69, 9.17) is 0 Å². The van der Waals surface area contributed by atoms with Gasteiger partial charge >= 0.3 is 0 Å². The Hall–Kier alpha value is -0.470. The molecular formula is C13H19NS. The van der Waals surface area contributed by atoms with Crippen molar-refractivity contribution in [2.24, 2.45) is 0 Å². The number of piperidine rings is 1. The number of hydrogen-bond donors (Lipinski definition) is 1. The summed E-state index contributed by atoms with van der Waals surface area (Å²) < 4.78 is 0. The van der Waals surface area contributed by atoms with E-state index in [0.717, 1.165) is 6.54 Å². The zero-order valence-corrected chi connectivity index (χ0v) is 10.00. The van der Waals surface area contributed by atoms with Crippen molar-refractivity contribution in [1.29, 1.82) is 0 Å². The van der Waals surface area contributed by atoms with Gasteiger partial charge in [0.05, 0.1) is 0 Å². The largest absolute Gasteiger partial charge is 0.302 e. The van der Waals surface area contributed by atoms with Crippen molar-refractivity contribution in [2.45, 2.75) is 24.5 Å². The Labute approximate surface area is 97.9 Å². The molecule has 0 aromatic heterocycles. The molecule has 0 aliphatic carbocycles. The van der Waals surface area contributed by atoms with Crippen LogP contribution >= 0.6 is 12.6 Å². The highest BCUT2D eigenvalue weighted by atomic mass is 32.1. The lowest BCUT2D eigenvalue weighted by Crippen LogP contribution is -2.32. The Morgan fingerprint density at radius 2 is 1.73 bits per heavy atom. The first-order valence-corrected chi connectivity index (χ1v) is 6.33. The molecule has 0 saturated carbocycles. The number of nitrogens with zero attached hydrogens (tertiary/aromatic N) is 1. The predicted octanol–water partition coefficient (Wildman–Crippen LogP) is 3.14. The average Bonchev–Trinajstić information content (AvgIpc) is 2.31. The molecule has 1 aromatic carbocycles. The van der Waals surface area contributed by atoms with Crippen LogP contribution in [-0.2, 0) is 0 Å². The van der Waals surface area contributed by atoms with Crippen molar-refractivity contribution in [1.82, 2.24) is 4.90 Å².